The smallest absolute Gasteiger partial charge is 0.327 e. The van der Waals surface area contributed by atoms with Gasteiger partial charge in [-0.15, -0.1) is 0 Å². The van der Waals surface area contributed by atoms with Crippen LogP contribution in [-0.2, 0) is 9.53 Å². The monoisotopic (exact) mass is 419 g/mol. The van der Waals surface area contributed by atoms with Crippen molar-refractivity contribution >= 4 is 23.3 Å². The molecule has 0 bridgehead atoms. The highest BCUT2D eigenvalue weighted by Crippen LogP contribution is 2.26. The Balaban J connectivity index is 1.38. The van der Waals surface area contributed by atoms with E-state index in [1.165, 1.54) is 13.3 Å². The van der Waals surface area contributed by atoms with Gasteiger partial charge in [-0.25, -0.2) is 4.79 Å². The predicted molar refractivity (Wildman–Crippen MR) is 118 cm³/mol. The summed E-state index contributed by atoms with van der Waals surface area (Å²) >= 11 is 0. The average Bonchev–Trinajstić information content (AvgIpc) is 3.36. The summed E-state index contributed by atoms with van der Waals surface area (Å²) in [5.41, 5.74) is 3.23. The molecule has 1 aliphatic rings. The highest BCUT2D eigenvalue weighted by molar-refractivity contribution is 6.03. The maximum Gasteiger partial charge on any atom is 0.327 e. The number of methoxy groups -OCH3 is 1. The van der Waals surface area contributed by atoms with E-state index in [4.69, 9.17) is 4.74 Å². The van der Waals surface area contributed by atoms with Crippen LogP contribution in [0.5, 0.6) is 0 Å². The van der Waals surface area contributed by atoms with Crippen molar-refractivity contribution in [2.24, 2.45) is 0 Å². The Morgan fingerprint density at radius 2 is 1.74 bits per heavy atom. The number of ether oxygens (including phenoxy) is 1. The van der Waals surface area contributed by atoms with E-state index < -0.39 is 6.04 Å². The Hall–Kier alpha value is -3.65. The summed E-state index contributed by atoms with van der Waals surface area (Å²) in [5.74, 6) is -0.442. The summed E-state index contributed by atoms with van der Waals surface area (Å²) < 4.78 is 5.07. The third-order valence-corrected chi connectivity index (χ3v) is 5.47. The molecule has 2 heterocycles. The van der Waals surface area contributed by atoms with Gasteiger partial charge in [-0.2, -0.15) is 5.10 Å². The van der Waals surface area contributed by atoms with Crippen molar-refractivity contribution in [1.82, 2.24) is 15.1 Å². The second kappa shape index (κ2) is 9.44. The molecule has 1 fully saturated rings. The van der Waals surface area contributed by atoms with Gasteiger partial charge in [-0.05, 0) is 29.8 Å². The Morgan fingerprint density at radius 3 is 2.35 bits per heavy atom. The van der Waals surface area contributed by atoms with Crippen LogP contribution in [-0.4, -0.2) is 60.3 Å². The van der Waals surface area contributed by atoms with E-state index in [0.717, 1.165) is 43.1 Å². The third kappa shape index (κ3) is 4.75. The molecule has 8 heteroatoms. The number of nitrogens with zero attached hydrogens (tertiary/aromatic N) is 3. The number of H-pyrrole nitrogens is 1. The number of carbonyl (C=O) groups is 2. The predicted octanol–water partition coefficient (Wildman–Crippen LogP) is 2.70. The lowest BCUT2D eigenvalue weighted by Gasteiger charge is -2.39. The quantitative estimate of drug-likeness (QED) is 0.597. The summed E-state index contributed by atoms with van der Waals surface area (Å²) in [5, 5.41) is 9.28. The molecular weight excluding hydrogens is 394 g/mol. The van der Waals surface area contributed by atoms with Gasteiger partial charge in [-0.3, -0.25) is 14.8 Å². The third-order valence-electron chi connectivity index (χ3n) is 5.47. The summed E-state index contributed by atoms with van der Waals surface area (Å²) in [6, 6.07) is 17.1. The zero-order chi connectivity index (χ0) is 21.6. The van der Waals surface area contributed by atoms with Gasteiger partial charge in [0.1, 0.15) is 6.04 Å². The van der Waals surface area contributed by atoms with Gasteiger partial charge in [0.25, 0.3) is 5.91 Å². The molecule has 160 valence electrons. The van der Waals surface area contributed by atoms with Crippen molar-refractivity contribution in [3.05, 3.63) is 78.1 Å². The first kappa shape index (κ1) is 20.6. The zero-order valence-corrected chi connectivity index (χ0v) is 17.3. The number of anilines is 2. The van der Waals surface area contributed by atoms with E-state index >= 15 is 0 Å². The molecule has 1 aromatic heterocycles. The molecule has 31 heavy (non-hydrogen) atoms. The molecule has 1 amide bonds. The van der Waals surface area contributed by atoms with Gasteiger partial charge in [0.05, 0.1) is 18.9 Å². The van der Waals surface area contributed by atoms with Crippen LogP contribution in [0.4, 0.5) is 11.4 Å². The lowest BCUT2D eigenvalue weighted by Crippen LogP contribution is -2.49. The van der Waals surface area contributed by atoms with E-state index in [9.17, 15) is 9.59 Å². The maximum atomic E-state index is 12.5. The maximum absolute atomic E-state index is 12.5. The van der Waals surface area contributed by atoms with Crippen LogP contribution in [0.25, 0.3) is 0 Å². The number of carbonyl (C=O) groups excluding carboxylic acids is 2. The van der Waals surface area contributed by atoms with Crippen LogP contribution >= 0.6 is 0 Å². The first-order chi connectivity index (χ1) is 15.2. The number of aromatic nitrogens is 2. The summed E-state index contributed by atoms with van der Waals surface area (Å²) in [4.78, 5) is 29.0. The molecule has 0 saturated carbocycles. The largest absolute Gasteiger partial charge is 0.468 e. The van der Waals surface area contributed by atoms with Crippen molar-refractivity contribution in [2.75, 3.05) is 43.5 Å². The van der Waals surface area contributed by atoms with Crippen molar-refractivity contribution < 1.29 is 14.3 Å². The van der Waals surface area contributed by atoms with Crippen LogP contribution in [0.1, 0.15) is 22.0 Å². The van der Waals surface area contributed by atoms with Crippen LogP contribution < -0.4 is 10.2 Å². The molecule has 0 aliphatic carbocycles. The highest BCUT2D eigenvalue weighted by Gasteiger charge is 2.31. The molecule has 0 spiro atoms. The number of hydrogen-bond acceptors (Lipinski definition) is 6. The molecule has 8 nitrogen and oxygen atoms in total. The van der Waals surface area contributed by atoms with Gasteiger partial charge >= 0.3 is 5.97 Å². The Labute approximate surface area is 180 Å². The summed E-state index contributed by atoms with van der Waals surface area (Å²) in [6.45, 7) is 3.07. The summed E-state index contributed by atoms with van der Waals surface area (Å²) in [6.07, 6.45) is 3.04. The van der Waals surface area contributed by atoms with Gasteiger partial charge in [0.15, 0.2) is 0 Å². The van der Waals surface area contributed by atoms with Crippen LogP contribution in [0.2, 0.25) is 0 Å². The van der Waals surface area contributed by atoms with Crippen LogP contribution in [0.3, 0.4) is 0 Å². The first-order valence-corrected chi connectivity index (χ1v) is 10.2. The van der Waals surface area contributed by atoms with Gasteiger partial charge in [0.2, 0.25) is 0 Å². The Kier molecular flexibility index (Phi) is 6.28. The Morgan fingerprint density at radius 1 is 1.03 bits per heavy atom. The highest BCUT2D eigenvalue weighted by atomic mass is 16.5. The van der Waals surface area contributed by atoms with Crippen molar-refractivity contribution in [2.45, 2.75) is 6.04 Å². The fourth-order valence-electron chi connectivity index (χ4n) is 3.82. The number of benzene rings is 2. The van der Waals surface area contributed by atoms with Crippen molar-refractivity contribution in [3.8, 4) is 0 Å². The van der Waals surface area contributed by atoms with Crippen molar-refractivity contribution in [1.29, 1.82) is 0 Å². The number of hydrogen-bond donors (Lipinski definition) is 2. The number of esters is 1. The van der Waals surface area contributed by atoms with Crippen LogP contribution in [0.15, 0.2) is 67.0 Å². The molecule has 1 unspecified atom stereocenters. The molecule has 3 aromatic rings. The normalized spacial score (nSPS) is 15.3. The minimum absolute atomic E-state index is 0.204. The molecule has 1 atom stereocenters. The summed E-state index contributed by atoms with van der Waals surface area (Å²) in [7, 11) is 1.43. The SMILES string of the molecule is COC(=O)C(c1ccccc1)N1CCN(c2ccc(NC(=O)c3cn[nH]c3)cc2)CC1. The van der Waals surface area contributed by atoms with E-state index in [1.54, 1.807) is 6.20 Å². The fraction of sp³-hybridized carbons (Fsp3) is 0.261. The second-order valence-electron chi connectivity index (χ2n) is 7.35. The zero-order valence-electron chi connectivity index (χ0n) is 17.3. The standard InChI is InChI=1S/C23H25N5O3/c1-31-23(30)21(17-5-3-2-4-6-17)28-13-11-27(12-14-28)20-9-7-19(8-10-20)26-22(29)18-15-24-25-16-18/h2-10,15-16,21H,11-14H2,1H3,(H,24,25)(H,26,29). The first-order valence-electron chi connectivity index (χ1n) is 10.2. The number of piperazine rings is 1. The fourth-order valence-corrected chi connectivity index (χ4v) is 3.82. The molecule has 1 aliphatic heterocycles. The topological polar surface area (TPSA) is 90.6 Å². The molecule has 1 saturated heterocycles. The van der Waals surface area contributed by atoms with E-state index in [-0.39, 0.29) is 11.9 Å². The molecule has 2 N–H and O–H groups in total. The Bertz CT molecular complexity index is 997. The average molecular weight is 419 g/mol. The molecule has 4 rings (SSSR count). The molecule has 0 radical (unpaired) electrons. The number of amides is 1. The number of aromatic amines is 1. The van der Waals surface area contributed by atoms with Gasteiger partial charge in [-0.1, -0.05) is 30.3 Å². The molecular formula is C23H25N5O3. The van der Waals surface area contributed by atoms with E-state index in [2.05, 4.69) is 25.3 Å². The van der Waals surface area contributed by atoms with Gasteiger partial charge < -0.3 is 15.0 Å². The van der Waals surface area contributed by atoms with E-state index in [0.29, 0.717) is 5.56 Å². The minimum Gasteiger partial charge on any atom is -0.468 e. The lowest BCUT2D eigenvalue weighted by molar-refractivity contribution is -0.147. The van der Waals surface area contributed by atoms with Crippen LogP contribution in [0, 0.1) is 0 Å². The van der Waals surface area contributed by atoms with Gasteiger partial charge in [0, 0.05) is 43.8 Å². The van der Waals surface area contributed by atoms with Crippen molar-refractivity contribution in [3.63, 3.8) is 0 Å². The van der Waals surface area contributed by atoms with E-state index in [1.807, 2.05) is 54.6 Å². The molecule has 2 aromatic carbocycles. The minimum atomic E-state index is -0.395. The second-order valence-corrected chi connectivity index (χ2v) is 7.35. The number of nitrogens with one attached hydrogen (secondary N) is 2. The lowest BCUT2D eigenvalue weighted by atomic mass is 10.0. The number of rotatable bonds is 6.